The van der Waals surface area contributed by atoms with Crippen LogP contribution in [0.15, 0.2) is 21.7 Å². The van der Waals surface area contributed by atoms with Crippen LogP contribution in [-0.4, -0.2) is 21.8 Å². The van der Waals surface area contributed by atoms with E-state index in [1.807, 2.05) is 0 Å². The van der Waals surface area contributed by atoms with Crippen molar-refractivity contribution in [3.05, 3.63) is 32.8 Å². The first kappa shape index (κ1) is 12.6. The second-order valence-electron chi connectivity index (χ2n) is 4.28. The van der Waals surface area contributed by atoms with Crippen molar-refractivity contribution in [3.8, 4) is 0 Å². The molecular weight excluding hydrogens is 238 g/mol. The molecule has 1 amide bonds. The van der Waals surface area contributed by atoms with Crippen molar-refractivity contribution in [1.82, 2.24) is 15.3 Å². The summed E-state index contributed by atoms with van der Waals surface area (Å²) in [6.45, 7) is -0.262. The molecule has 0 atom stereocenters. The summed E-state index contributed by atoms with van der Waals surface area (Å²) >= 11 is 0. The number of hydroxylamine groups is 1. The average molecular weight is 253 g/mol. The summed E-state index contributed by atoms with van der Waals surface area (Å²) in [7, 11) is 0. The Morgan fingerprint density at radius 3 is 2.83 bits per heavy atom. The van der Waals surface area contributed by atoms with Gasteiger partial charge in [-0.3, -0.25) is 24.3 Å². The molecule has 1 heterocycles. The number of aromatic amines is 1. The number of hydrogen-bond acceptors (Lipinski definition) is 4. The molecule has 0 aliphatic heterocycles. The van der Waals surface area contributed by atoms with Crippen molar-refractivity contribution in [3.63, 3.8) is 0 Å². The molecule has 1 aliphatic carbocycles. The van der Waals surface area contributed by atoms with E-state index in [0.29, 0.717) is 0 Å². The van der Waals surface area contributed by atoms with E-state index in [4.69, 9.17) is 4.84 Å². The van der Waals surface area contributed by atoms with Gasteiger partial charge in [-0.2, -0.15) is 0 Å². The fourth-order valence-corrected chi connectivity index (χ4v) is 1.91. The van der Waals surface area contributed by atoms with Gasteiger partial charge in [0.25, 0.3) is 17.0 Å². The Kier molecular flexibility index (Phi) is 3.93. The minimum Gasteiger partial charge on any atom is -0.271 e. The molecule has 0 aromatic carbocycles. The Bertz CT molecular complexity index is 528. The lowest BCUT2D eigenvalue weighted by atomic mass is 10.3. The lowest BCUT2D eigenvalue weighted by molar-refractivity contribution is -0.139. The van der Waals surface area contributed by atoms with E-state index >= 15 is 0 Å². The molecule has 0 unspecified atom stereocenters. The van der Waals surface area contributed by atoms with E-state index in [9.17, 15) is 14.4 Å². The predicted molar refractivity (Wildman–Crippen MR) is 62.8 cm³/mol. The summed E-state index contributed by atoms with van der Waals surface area (Å²) in [5.41, 5.74) is 1.43. The van der Waals surface area contributed by atoms with Crippen LogP contribution in [0.2, 0.25) is 0 Å². The van der Waals surface area contributed by atoms with Gasteiger partial charge >= 0.3 is 0 Å². The third-order valence-electron chi connectivity index (χ3n) is 2.83. The Hall–Kier alpha value is -1.89. The first-order valence-electron chi connectivity index (χ1n) is 5.90. The molecule has 18 heavy (non-hydrogen) atoms. The molecule has 2 rings (SSSR count). The Morgan fingerprint density at radius 2 is 2.11 bits per heavy atom. The maximum absolute atomic E-state index is 11.5. The van der Waals surface area contributed by atoms with Gasteiger partial charge < -0.3 is 0 Å². The van der Waals surface area contributed by atoms with Gasteiger partial charge in [-0.15, -0.1) is 0 Å². The van der Waals surface area contributed by atoms with Crippen molar-refractivity contribution in [2.75, 3.05) is 0 Å². The fraction of sp³-hybridized carbons (Fsp3) is 0.545. The quantitative estimate of drug-likeness (QED) is 0.709. The van der Waals surface area contributed by atoms with Crippen molar-refractivity contribution < 1.29 is 9.63 Å². The molecule has 0 bridgehead atoms. The fourth-order valence-electron chi connectivity index (χ4n) is 1.91. The molecule has 1 aromatic rings. The maximum Gasteiger partial charge on any atom is 0.265 e. The second kappa shape index (κ2) is 5.63. The van der Waals surface area contributed by atoms with Crippen molar-refractivity contribution in [2.45, 2.75) is 38.3 Å². The molecule has 0 radical (unpaired) electrons. The molecule has 1 aromatic heterocycles. The first-order chi connectivity index (χ1) is 8.65. The molecule has 1 fully saturated rings. The number of hydrogen-bond donors (Lipinski definition) is 2. The number of aromatic nitrogens is 2. The van der Waals surface area contributed by atoms with Gasteiger partial charge in [0.2, 0.25) is 0 Å². The van der Waals surface area contributed by atoms with Crippen LogP contribution in [0.5, 0.6) is 0 Å². The van der Waals surface area contributed by atoms with Crippen LogP contribution in [0, 0.1) is 0 Å². The largest absolute Gasteiger partial charge is 0.271 e. The minimum atomic E-state index is -0.467. The summed E-state index contributed by atoms with van der Waals surface area (Å²) in [6, 6.07) is 2.23. The molecule has 98 valence electrons. The lowest BCUT2D eigenvalue weighted by Gasteiger charge is -2.11. The van der Waals surface area contributed by atoms with Crippen molar-refractivity contribution in [1.29, 1.82) is 0 Å². The maximum atomic E-state index is 11.5. The highest BCUT2D eigenvalue weighted by molar-refractivity contribution is 5.74. The van der Waals surface area contributed by atoms with Gasteiger partial charge in [0.05, 0.1) is 6.10 Å². The third kappa shape index (κ3) is 3.30. The normalized spacial score (nSPS) is 15.8. The van der Waals surface area contributed by atoms with Crippen LogP contribution < -0.4 is 16.6 Å². The summed E-state index contributed by atoms with van der Waals surface area (Å²) in [5.74, 6) is -0.467. The Balaban J connectivity index is 1.88. The van der Waals surface area contributed by atoms with Crippen LogP contribution in [0.4, 0.5) is 0 Å². The van der Waals surface area contributed by atoms with Crippen molar-refractivity contribution >= 4 is 5.91 Å². The molecule has 7 nitrogen and oxygen atoms in total. The SMILES string of the molecule is O=C(Cn1[nH]c(=O)ccc1=O)NOC1CCCC1. The van der Waals surface area contributed by atoms with Crippen molar-refractivity contribution in [2.24, 2.45) is 0 Å². The number of carbonyl (C=O) groups excluding carboxylic acids is 1. The second-order valence-corrected chi connectivity index (χ2v) is 4.28. The number of nitrogens with zero attached hydrogens (tertiary/aromatic N) is 1. The van der Waals surface area contributed by atoms with Gasteiger partial charge in [-0.25, -0.2) is 10.2 Å². The highest BCUT2D eigenvalue weighted by Gasteiger charge is 2.17. The molecule has 1 saturated carbocycles. The molecule has 7 heteroatoms. The lowest BCUT2D eigenvalue weighted by Crippen LogP contribution is -2.37. The van der Waals surface area contributed by atoms with Crippen LogP contribution in [-0.2, 0) is 16.2 Å². The minimum absolute atomic E-state index is 0.0560. The van der Waals surface area contributed by atoms with Crippen LogP contribution in [0.25, 0.3) is 0 Å². The highest BCUT2D eigenvalue weighted by atomic mass is 16.7. The first-order valence-corrected chi connectivity index (χ1v) is 5.90. The Morgan fingerprint density at radius 1 is 1.39 bits per heavy atom. The third-order valence-corrected chi connectivity index (χ3v) is 2.83. The zero-order chi connectivity index (χ0) is 13.0. The zero-order valence-corrected chi connectivity index (χ0v) is 9.85. The van der Waals surface area contributed by atoms with Crippen LogP contribution in [0.3, 0.4) is 0 Å². The summed E-state index contributed by atoms with van der Waals surface area (Å²) in [5, 5.41) is 2.27. The molecule has 1 aliphatic rings. The number of nitrogens with one attached hydrogen (secondary N) is 2. The Labute approximate surface area is 103 Å². The van der Waals surface area contributed by atoms with Crippen LogP contribution in [0.1, 0.15) is 25.7 Å². The number of rotatable bonds is 4. The van der Waals surface area contributed by atoms with E-state index in [2.05, 4.69) is 10.6 Å². The van der Waals surface area contributed by atoms with E-state index < -0.39 is 17.0 Å². The smallest absolute Gasteiger partial charge is 0.265 e. The summed E-state index contributed by atoms with van der Waals surface area (Å²) in [6.07, 6.45) is 4.13. The van der Waals surface area contributed by atoms with Gasteiger partial charge in [0, 0.05) is 12.1 Å². The average Bonchev–Trinajstić information content (AvgIpc) is 2.84. The molecule has 0 saturated heterocycles. The molecule has 0 spiro atoms. The molecular formula is C11H15N3O4. The number of carbonyl (C=O) groups is 1. The topological polar surface area (TPSA) is 93.2 Å². The van der Waals surface area contributed by atoms with Crippen LogP contribution >= 0.6 is 0 Å². The summed E-state index contributed by atoms with van der Waals surface area (Å²) < 4.78 is 0.940. The number of H-pyrrole nitrogens is 1. The standard InChI is InChI=1S/C11H15N3O4/c15-9-5-6-11(17)14(12-9)7-10(16)13-18-8-3-1-2-4-8/h5-6,8H,1-4,7H2,(H,12,15)(H,13,16). The van der Waals surface area contributed by atoms with E-state index in [-0.39, 0.29) is 12.6 Å². The van der Waals surface area contributed by atoms with E-state index in [0.717, 1.165) is 42.5 Å². The highest BCUT2D eigenvalue weighted by Crippen LogP contribution is 2.19. The van der Waals surface area contributed by atoms with E-state index in [1.54, 1.807) is 0 Å². The zero-order valence-electron chi connectivity index (χ0n) is 9.85. The van der Waals surface area contributed by atoms with Gasteiger partial charge in [0.1, 0.15) is 6.54 Å². The summed E-state index contributed by atoms with van der Waals surface area (Å²) in [4.78, 5) is 39.1. The monoisotopic (exact) mass is 253 g/mol. The van der Waals surface area contributed by atoms with Gasteiger partial charge in [0.15, 0.2) is 0 Å². The van der Waals surface area contributed by atoms with Gasteiger partial charge in [-0.1, -0.05) is 12.8 Å². The predicted octanol–water partition coefficient (Wildman–Crippen LogP) is -0.473. The molecule has 2 N–H and O–H groups in total. The number of amides is 1. The van der Waals surface area contributed by atoms with E-state index in [1.165, 1.54) is 0 Å². The van der Waals surface area contributed by atoms with Gasteiger partial charge in [-0.05, 0) is 12.8 Å².